The van der Waals surface area contributed by atoms with Crippen molar-refractivity contribution in [1.82, 2.24) is 0 Å². The topological polar surface area (TPSA) is 35.2 Å². The summed E-state index contributed by atoms with van der Waals surface area (Å²) < 4.78 is 5.56. The lowest BCUT2D eigenvalue weighted by Crippen LogP contribution is -2.44. The Bertz CT molecular complexity index is 175. The van der Waals surface area contributed by atoms with Gasteiger partial charge in [-0.15, -0.1) is 12.4 Å². The second kappa shape index (κ2) is 5.51. The Morgan fingerprint density at radius 3 is 2.00 bits per heavy atom. The number of rotatable bonds is 2. The predicted molar refractivity (Wildman–Crippen MR) is 67.5 cm³/mol. The van der Waals surface area contributed by atoms with Gasteiger partial charge in [0, 0.05) is 13.7 Å². The van der Waals surface area contributed by atoms with Gasteiger partial charge in [-0.05, 0) is 37.0 Å². The lowest BCUT2D eigenvalue weighted by atomic mass is 9.68. The molecular formula is C12H26ClNO. The number of hydrogen-bond acceptors (Lipinski definition) is 2. The van der Waals surface area contributed by atoms with Crippen LogP contribution in [0.5, 0.6) is 0 Å². The molecule has 0 aromatic heterocycles. The zero-order chi connectivity index (χ0) is 10.8. The molecule has 0 heterocycles. The number of hydrogen-bond donors (Lipinski definition) is 1. The maximum atomic E-state index is 5.78. The number of methoxy groups -OCH3 is 1. The maximum absolute atomic E-state index is 5.78. The van der Waals surface area contributed by atoms with E-state index >= 15 is 0 Å². The molecule has 2 nitrogen and oxygen atoms in total. The molecule has 0 radical (unpaired) electrons. The van der Waals surface area contributed by atoms with Crippen molar-refractivity contribution in [3.05, 3.63) is 0 Å². The molecule has 1 aliphatic rings. The Kier molecular flexibility index (Phi) is 5.59. The molecule has 1 fully saturated rings. The summed E-state index contributed by atoms with van der Waals surface area (Å²) in [5.74, 6) is 0.831. The minimum absolute atomic E-state index is 0. The van der Waals surface area contributed by atoms with E-state index in [-0.39, 0.29) is 18.0 Å². The van der Waals surface area contributed by atoms with E-state index in [0.29, 0.717) is 12.0 Å². The molecule has 0 bridgehead atoms. The molecule has 0 aromatic carbocycles. The third kappa shape index (κ3) is 3.61. The van der Waals surface area contributed by atoms with Gasteiger partial charge in [-0.2, -0.15) is 0 Å². The second-order valence-corrected chi connectivity index (χ2v) is 5.73. The van der Waals surface area contributed by atoms with E-state index in [2.05, 4.69) is 20.8 Å². The van der Waals surface area contributed by atoms with Crippen LogP contribution >= 0.6 is 12.4 Å². The Hall–Kier alpha value is 0.210. The van der Waals surface area contributed by atoms with Crippen molar-refractivity contribution in [2.45, 2.75) is 52.1 Å². The molecule has 1 saturated carbocycles. The highest BCUT2D eigenvalue weighted by atomic mass is 35.5. The minimum atomic E-state index is -0.0122. The van der Waals surface area contributed by atoms with Gasteiger partial charge >= 0.3 is 0 Å². The lowest BCUT2D eigenvalue weighted by Gasteiger charge is -2.42. The summed E-state index contributed by atoms with van der Waals surface area (Å²) in [5, 5.41) is 0. The van der Waals surface area contributed by atoms with Crippen molar-refractivity contribution < 1.29 is 4.74 Å². The lowest BCUT2D eigenvalue weighted by molar-refractivity contribution is -0.0526. The molecule has 0 amide bonds. The van der Waals surface area contributed by atoms with Gasteiger partial charge in [0.1, 0.15) is 0 Å². The van der Waals surface area contributed by atoms with Crippen molar-refractivity contribution in [3.63, 3.8) is 0 Å². The molecule has 0 unspecified atom stereocenters. The van der Waals surface area contributed by atoms with Crippen molar-refractivity contribution in [1.29, 1.82) is 0 Å². The first kappa shape index (κ1) is 15.2. The Balaban J connectivity index is 0.00000196. The SMILES string of the molecule is COC1(CN)CCC(C(C)(C)C)CC1.Cl. The first-order valence-electron chi connectivity index (χ1n) is 5.69. The van der Waals surface area contributed by atoms with E-state index < -0.39 is 0 Å². The number of ether oxygens (including phenoxy) is 1. The summed E-state index contributed by atoms with van der Waals surface area (Å²) in [5.41, 5.74) is 6.21. The standard InChI is InChI=1S/C12H25NO.ClH/c1-11(2,3)10-5-7-12(9-13,14-4)8-6-10;/h10H,5-9,13H2,1-4H3;1H. The molecule has 1 rings (SSSR count). The van der Waals surface area contributed by atoms with Gasteiger partial charge in [-0.25, -0.2) is 0 Å². The highest BCUT2D eigenvalue weighted by Gasteiger charge is 2.37. The van der Waals surface area contributed by atoms with E-state index in [0.717, 1.165) is 18.8 Å². The van der Waals surface area contributed by atoms with Crippen molar-refractivity contribution in [3.8, 4) is 0 Å². The fourth-order valence-corrected chi connectivity index (χ4v) is 2.50. The van der Waals surface area contributed by atoms with E-state index in [1.54, 1.807) is 7.11 Å². The molecule has 1 aliphatic carbocycles. The van der Waals surface area contributed by atoms with Crippen molar-refractivity contribution >= 4 is 12.4 Å². The average molecular weight is 236 g/mol. The fourth-order valence-electron chi connectivity index (χ4n) is 2.50. The summed E-state index contributed by atoms with van der Waals surface area (Å²) >= 11 is 0. The molecule has 15 heavy (non-hydrogen) atoms. The quantitative estimate of drug-likeness (QED) is 0.799. The van der Waals surface area contributed by atoms with Crippen molar-refractivity contribution in [2.24, 2.45) is 17.1 Å². The van der Waals surface area contributed by atoms with Gasteiger partial charge in [0.2, 0.25) is 0 Å². The second-order valence-electron chi connectivity index (χ2n) is 5.73. The van der Waals surface area contributed by atoms with Gasteiger partial charge in [0.25, 0.3) is 0 Å². The van der Waals surface area contributed by atoms with Crippen LogP contribution in [0, 0.1) is 11.3 Å². The molecule has 0 aromatic rings. The van der Waals surface area contributed by atoms with Crippen LogP contribution in [0.15, 0.2) is 0 Å². The zero-order valence-corrected chi connectivity index (χ0v) is 11.3. The summed E-state index contributed by atoms with van der Waals surface area (Å²) in [6.07, 6.45) is 4.77. The Morgan fingerprint density at radius 2 is 1.73 bits per heavy atom. The summed E-state index contributed by atoms with van der Waals surface area (Å²) in [6, 6.07) is 0. The molecule has 92 valence electrons. The summed E-state index contributed by atoms with van der Waals surface area (Å²) in [7, 11) is 1.80. The first-order chi connectivity index (χ1) is 6.43. The number of halogens is 1. The van der Waals surface area contributed by atoms with Gasteiger partial charge in [-0.3, -0.25) is 0 Å². The predicted octanol–water partition coefficient (Wildman–Crippen LogP) is 2.99. The van der Waals surface area contributed by atoms with Crippen LogP contribution in [-0.2, 0) is 4.74 Å². The van der Waals surface area contributed by atoms with Gasteiger partial charge in [-0.1, -0.05) is 20.8 Å². The summed E-state index contributed by atoms with van der Waals surface area (Å²) in [4.78, 5) is 0. The minimum Gasteiger partial charge on any atom is -0.377 e. The smallest absolute Gasteiger partial charge is 0.0800 e. The van der Waals surface area contributed by atoms with Crippen LogP contribution in [0.3, 0.4) is 0 Å². The molecule has 3 heteroatoms. The zero-order valence-electron chi connectivity index (χ0n) is 10.5. The first-order valence-corrected chi connectivity index (χ1v) is 5.69. The van der Waals surface area contributed by atoms with Crippen LogP contribution in [0.2, 0.25) is 0 Å². The Labute approximate surface area is 100 Å². The fraction of sp³-hybridized carbons (Fsp3) is 1.00. The molecule has 0 spiro atoms. The van der Waals surface area contributed by atoms with Gasteiger partial charge in [0.15, 0.2) is 0 Å². The third-order valence-corrected chi connectivity index (χ3v) is 3.93. The van der Waals surface area contributed by atoms with Crippen LogP contribution in [0.25, 0.3) is 0 Å². The Morgan fingerprint density at radius 1 is 1.27 bits per heavy atom. The van der Waals surface area contributed by atoms with Crippen LogP contribution in [0.1, 0.15) is 46.5 Å². The highest BCUT2D eigenvalue weighted by Crippen LogP contribution is 2.42. The number of nitrogens with two attached hydrogens (primary N) is 1. The van der Waals surface area contributed by atoms with E-state index in [4.69, 9.17) is 10.5 Å². The van der Waals surface area contributed by atoms with E-state index in [1.165, 1.54) is 12.8 Å². The van der Waals surface area contributed by atoms with E-state index in [9.17, 15) is 0 Å². The normalized spacial score (nSPS) is 32.2. The largest absolute Gasteiger partial charge is 0.377 e. The molecule has 2 N–H and O–H groups in total. The molecule has 0 atom stereocenters. The summed E-state index contributed by atoms with van der Waals surface area (Å²) in [6.45, 7) is 7.67. The van der Waals surface area contributed by atoms with E-state index in [1.807, 2.05) is 0 Å². The highest BCUT2D eigenvalue weighted by molar-refractivity contribution is 5.85. The third-order valence-electron chi connectivity index (χ3n) is 3.93. The van der Waals surface area contributed by atoms with Crippen LogP contribution in [-0.4, -0.2) is 19.3 Å². The van der Waals surface area contributed by atoms with Crippen LogP contribution in [0.4, 0.5) is 0 Å². The van der Waals surface area contributed by atoms with Crippen LogP contribution < -0.4 is 5.73 Å². The average Bonchev–Trinajstić information content (AvgIpc) is 2.16. The van der Waals surface area contributed by atoms with Gasteiger partial charge < -0.3 is 10.5 Å². The monoisotopic (exact) mass is 235 g/mol. The maximum Gasteiger partial charge on any atom is 0.0800 e. The van der Waals surface area contributed by atoms with Crippen molar-refractivity contribution in [2.75, 3.05) is 13.7 Å². The molecule has 0 aliphatic heterocycles. The van der Waals surface area contributed by atoms with Gasteiger partial charge in [0.05, 0.1) is 5.60 Å². The molecule has 0 saturated heterocycles. The molecular weight excluding hydrogens is 210 g/mol.